The Morgan fingerprint density at radius 2 is 1.80 bits per heavy atom. The van der Waals surface area contributed by atoms with Gasteiger partial charge >= 0.3 is 0 Å². The highest BCUT2D eigenvalue weighted by Gasteiger charge is 2.06. The van der Waals surface area contributed by atoms with Crippen molar-refractivity contribution in [1.29, 1.82) is 0 Å². The number of benzene rings is 2. The van der Waals surface area contributed by atoms with E-state index < -0.39 is 0 Å². The summed E-state index contributed by atoms with van der Waals surface area (Å²) in [7, 11) is 0. The second-order valence-corrected chi connectivity index (χ2v) is 4.89. The quantitative estimate of drug-likeness (QED) is 0.876. The van der Waals surface area contributed by atoms with E-state index in [1.165, 1.54) is 5.56 Å². The second-order valence-electron chi connectivity index (χ2n) is 4.89. The average Bonchev–Trinajstić information content (AvgIpc) is 2.44. The summed E-state index contributed by atoms with van der Waals surface area (Å²) in [4.78, 5) is 12.0. The van der Waals surface area contributed by atoms with Crippen molar-refractivity contribution in [1.82, 2.24) is 0 Å². The molecule has 0 aliphatic carbocycles. The maximum atomic E-state index is 12.0. The molecule has 104 valence electrons. The third-order valence-electron chi connectivity index (χ3n) is 3.28. The molecule has 3 N–H and O–H groups in total. The van der Waals surface area contributed by atoms with Gasteiger partial charge in [-0.05, 0) is 48.7 Å². The number of rotatable bonds is 5. The number of aryl methyl sites for hydroxylation is 1. The zero-order valence-corrected chi connectivity index (χ0v) is 11.7. The SMILES string of the molecule is Cc1ccccc1CC(=O)Nc1ccc(CCN)cc1. The Kier molecular flexibility index (Phi) is 4.91. The van der Waals surface area contributed by atoms with Crippen LogP contribution in [0.3, 0.4) is 0 Å². The normalized spacial score (nSPS) is 10.3. The van der Waals surface area contributed by atoms with Crippen LogP contribution in [0.1, 0.15) is 16.7 Å². The average molecular weight is 268 g/mol. The molecule has 20 heavy (non-hydrogen) atoms. The van der Waals surface area contributed by atoms with Crippen molar-refractivity contribution >= 4 is 11.6 Å². The maximum Gasteiger partial charge on any atom is 0.228 e. The molecule has 0 aromatic heterocycles. The monoisotopic (exact) mass is 268 g/mol. The Morgan fingerprint density at radius 3 is 2.45 bits per heavy atom. The van der Waals surface area contributed by atoms with E-state index in [9.17, 15) is 4.79 Å². The summed E-state index contributed by atoms with van der Waals surface area (Å²) in [6.07, 6.45) is 1.26. The van der Waals surface area contributed by atoms with Crippen LogP contribution in [0.4, 0.5) is 5.69 Å². The number of anilines is 1. The molecule has 3 nitrogen and oxygen atoms in total. The summed E-state index contributed by atoms with van der Waals surface area (Å²) >= 11 is 0. The molecule has 0 aliphatic rings. The van der Waals surface area contributed by atoms with Crippen molar-refractivity contribution in [3.8, 4) is 0 Å². The number of nitrogens with one attached hydrogen (secondary N) is 1. The van der Waals surface area contributed by atoms with Gasteiger partial charge in [-0.15, -0.1) is 0 Å². The first-order valence-corrected chi connectivity index (χ1v) is 6.82. The molecule has 1 amide bonds. The first kappa shape index (κ1) is 14.3. The van der Waals surface area contributed by atoms with Gasteiger partial charge in [-0.1, -0.05) is 36.4 Å². The highest BCUT2D eigenvalue weighted by atomic mass is 16.1. The zero-order chi connectivity index (χ0) is 14.4. The predicted octanol–water partition coefficient (Wildman–Crippen LogP) is 2.68. The molecule has 2 aromatic carbocycles. The van der Waals surface area contributed by atoms with Crippen LogP contribution in [0.5, 0.6) is 0 Å². The fourth-order valence-corrected chi connectivity index (χ4v) is 2.11. The molecule has 0 aliphatic heterocycles. The number of nitrogens with two attached hydrogens (primary N) is 1. The van der Waals surface area contributed by atoms with Gasteiger partial charge in [-0.2, -0.15) is 0 Å². The van der Waals surface area contributed by atoms with Crippen molar-refractivity contribution in [2.24, 2.45) is 5.73 Å². The first-order valence-electron chi connectivity index (χ1n) is 6.82. The van der Waals surface area contributed by atoms with Gasteiger partial charge in [0.1, 0.15) is 0 Å². The van der Waals surface area contributed by atoms with Gasteiger partial charge in [0, 0.05) is 5.69 Å². The van der Waals surface area contributed by atoms with Crippen LogP contribution in [0.25, 0.3) is 0 Å². The van der Waals surface area contributed by atoms with Gasteiger partial charge in [0.25, 0.3) is 0 Å². The molecule has 0 spiro atoms. The molecule has 0 heterocycles. The van der Waals surface area contributed by atoms with E-state index in [1.807, 2.05) is 55.5 Å². The molecule has 0 saturated carbocycles. The number of carbonyl (C=O) groups excluding carboxylic acids is 1. The highest BCUT2D eigenvalue weighted by molar-refractivity contribution is 5.92. The van der Waals surface area contributed by atoms with E-state index in [-0.39, 0.29) is 5.91 Å². The lowest BCUT2D eigenvalue weighted by molar-refractivity contribution is -0.115. The lowest BCUT2D eigenvalue weighted by atomic mass is 10.1. The highest BCUT2D eigenvalue weighted by Crippen LogP contribution is 2.12. The smallest absolute Gasteiger partial charge is 0.228 e. The van der Waals surface area contributed by atoms with Crippen LogP contribution >= 0.6 is 0 Å². The Bertz CT molecular complexity index is 576. The van der Waals surface area contributed by atoms with Crippen LogP contribution < -0.4 is 11.1 Å². The molecule has 0 atom stereocenters. The van der Waals surface area contributed by atoms with E-state index in [1.54, 1.807) is 0 Å². The molecule has 0 unspecified atom stereocenters. The third-order valence-corrected chi connectivity index (χ3v) is 3.28. The minimum absolute atomic E-state index is 0.00544. The van der Waals surface area contributed by atoms with Gasteiger partial charge in [-0.3, -0.25) is 4.79 Å². The predicted molar refractivity (Wildman–Crippen MR) is 82.7 cm³/mol. The fourth-order valence-electron chi connectivity index (χ4n) is 2.11. The Hall–Kier alpha value is -2.13. The summed E-state index contributed by atoms with van der Waals surface area (Å²) in [6.45, 7) is 2.66. The maximum absolute atomic E-state index is 12.0. The molecule has 0 saturated heterocycles. The Balaban J connectivity index is 1.96. The van der Waals surface area contributed by atoms with Crippen LogP contribution in [0, 0.1) is 6.92 Å². The van der Waals surface area contributed by atoms with Gasteiger partial charge in [0.15, 0.2) is 0 Å². The molecular weight excluding hydrogens is 248 g/mol. The second kappa shape index (κ2) is 6.87. The number of carbonyl (C=O) groups is 1. The van der Waals surface area contributed by atoms with E-state index in [2.05, 4.69) is 5.32 Å². The minimum atomic E-state index is 0.00544. The summed E-state index contributed by atoms with van der Waals surface area (Å²) < 4.78 is 0. The van der Waals surface area contributed by atoms with Crippen molar-refractivity contribution in [3.05, 3.63) is 65.2 Å². The molecule has 0 bridgehead atoms. The van der Waals surface area contributed by atoms with Gasteiger partial charge in [0.2, 0.25) is 5.91 Å². The van der Waals surface area contributed by atoms with Crippen molar-refractivity contribution in [2.75, 3.05) is 11.9 Å². The molecule has 2 rings (SSSR count). The third kappa shape index (κ3) is 3.93. The molecule has 0 fully saturated rings. The van der Waals surface area contributed by atoms with Crippen LogP contribution in [-0.2, 0) is 17.6 Å². The van der Waals surface area contributed by atoms with Crippen LogP contribution in [-0.4, -0.2) is 12.5 Å². The van der Waals surface area contributed by atoms with Crippen LogP contribution in [0.15, 0.2) is 48.5 Å². The topological polar surface area (TPSA) is 55.1 Å². The van der Waals surface area contributed by atoms with E-state index in [4.69, 9.17) is 5.73 Å². The van der Waals surface area contributed by atoms with Gasteiger partial charge in [0.05, 0.1) is 6.42 Å². The number of amides is 1. The Morgan fingerprint density at radius 1 is 1.10 bits per heavy atom. The van der Waals surface area contributed by atoms with Crippen LogP contribution in [0.2, 0.25) is 0 Å². The summed E-state index contributed by atoms with van der Waals surface area (Å²) in [6, 6.07) is 15.8. The largest absolute Gasteiger partial charge is 0.330 e. The lowest BCUT2D eigenvalue weighted by Gasteiger charge is -2.08. The van der Waals surface area contributed by atoms with E-state index in [0.717, 1.165) is 23.2 Å². The molecule has 0 radical (unpaired) electrons. The molecule has 2 aromatic rings. The molecule has 3 heteroatoms. The number of hydrogen-bond donors (Lipinski definition) is 2. The standard InChI is InChI=1S/C17H20N2O/c1-13-4-2-3-5-15(13)12-17(20)19-16-8-6-14(7-9-16)10-11-18/h2-9H,10-12,18H2,1H3,(H,19,20). The Labute approximate surface area is 119 Å². The summed E-state index contributed by atoms with van der Waals surface area (Å²) in [5.41, 5.74) is 9.72. The van der Waals surface area contributed by atoms with E-state index in [0.29, 0.717) is 13.0 Å². The van der Waals surface area contributed by atoms with Crippen molar-refractivity contribution in [2.45, 2.75) is 19.8 Å². The summed E-state index contributed by atoms with van der Waals surface area (Å²) in [5, 5.41) is 2.92. The van der Waals surface area contributed by atoms with Gasteiger partial charge in [-0.25, -0.2) is 0 Å². The van der Waals surface area contributed by atoms with Crippen molar-refractivity contribution in [3.63, 3.8) is 0 Å². The van der Waals surface area contributed by atoms with E-state index >= 15 is 0 Å². The lowest BCUT2D eigenvalue weighted by Crippen LogP contribution is -2.15. The first-order chi connectivity index (χ1) is 9.69. The zero-order valence-electron chi connectivity index (χ0n) is 11.7. The molecular formula is C17H20N2O. The van der Waals surface area contributed by atoms with Crippen molar-refractivity contribution < 1.29 is 4.79 Å². The fraction of sp³-hybridized carbons (Fsp3) is 0.235. The number of hydrogen-bond acceptors (Lipinski definition) is 2. The van der Waals surface area contributed by atoms with Gasteiger partial charge < -0.3 is 11.1 Å². The summed E-state index contributed by atoms with van der Waals surface area (Å²) in [5.74, 6) is 0.00544. The minimum Gasteiger partial charge on any atom is -0.330 e.